The van der Waals surface area contributed by atoms with Crippen LogP contribution in [0, 0.1) is 5.41 Å². The smallest absolute Gasteiger partial charge is 0.305 e. The lowest BCUT2D eigenvalue weighted by Crippen LogP contribution is -2.44. The van der Waals surface area contributed by atoms with Gasteiger partial charge in [0.05, 0.1) is 13.0 Å². The molecule has 1 fully saturated rings. The molecular weight excluding hydrogens is 248 g/mol. The number of hydrogen-bond acceptors (Lipinski definition) is 3. The molecule has 0 aromatic carbocycles. The van der Waals surface area contributed by atoms with Crippen LogP contribution in [0.4, 0.5) is 0 Å². The summed E-state index contributed by atoms with van der Waals surface area (Å²) in [6.07, 6.45) is 1.77. The first kappa shape index (κ1) is 15.5. The van der Waals surface area contributed by atoms with Gasteiger partial charge >= 0.3 is 5.97 Å². The molecule has 0 unspecified atom stereocenters. The average Bonchev–Trinajstić information content (AvgIpc) is 3.08. The minimum Gasteiger partial charge on any atom is -0.481 e. The van der Waals surface area contributed by atoms with Crippen molar-refractivity contribution in [2.24, 2.45) is 5.41 Å². The van der Waals surface area contributed by atoms with Crippen LogP contribution in [0.3, 0.4) is 0 Å². The Morgan fingerprint density at radius 1 is 1.26 bits per heavy atom. The van der Waals surface area contributed by atoms with Gasteiger partial charge in [-0.15, -0.1) is 0 Å². The van der Waals surface area contributed by atoms with E-state index in [2.05, 4.69) is 5.32 Å². The highest BCUT2D eigenvalue weighted by molar-refractivity contribution is 5.87. The molecule has 6 nitrogen and oxygen atoms in total. The first-order valence-electron chi connectivity index (χ1n) is 6.51. The van der Waals surface area contributed by atoms with Gasteiger partial charge in [-0.3, -0.25) is 14.4 Å². The summed E-state index contributed by atoms with van der Waals surface area (Å²) in [5, 5.41) is 11.3. The number of carboxylic acid groups (broad SMARTS) is 1. The van der Waals surface area contributed by atoms with Crippen LogP contribution in [0.15, 0.2) is 0 Å². The van der Waals surface area contributed by atoms with Crippen LogP contribution in [-0.4, -0.2) is 46.9 Å². The molecule has 6 heteroatoms. The average molecular weight is 270 g/mol. The van der Waals surface area contributed by atoms with Crippen LogP contribution in [0.25, 0.3) is 0 Å². The molecule has 0 radical (unpaired) electrons. The van der Waals surface area contributed by atoms with Gasteiger partial charge in [-0.25, -0.2) is 0 Å². The lowest BCUT2D eigenvalue weighted by molar-refractivity contribution is -0.139. The number of hydrogen-bond donors (Lipinski definition) is 2. The molecule has 108 valence electrons. The van der Waals surface area contributed by atoms with E-state index in [1.165, 1.54) is 0 Å². The number of rotatable bonds is 6. The van der Waals surface area contributed by atoms with E-state index in [0.717, 1.165) is 12.8 Å². The molecule has 0 aliphatic heterocycles. The van der Waals surface area contributed by atoms with Crippen molar-refractivity contribution in [1.82, 2.24) is 10.2 Å². The molecule has 1 saturated carbocycles. The highest BCUT2D eigenvalue weighted by atomic mass is 16.4. The lowest BCUT2D eigenvalue weighted by atomic mass is 9.96. The molecule has 2 N–H and O–H groups in total. The summed E-state index contributed by atoms with van der Waals surface area (Å²) in [6.45, 7) is 5.47. The van der Waals surface area contributed by atoms with Gasteiger partial charge in [0.25, 0.3) is 0 Å². The number of amides is 2. The molecule has 0 aromatic heterocycles. The molecule has 1 rings (SSSR count). The van der Waals surface area contributed by atoms with Crippen molar-refractivity contribution in [3.63, 3.8) is 0 Å². The van der Waals surface area contributed by atoms with Crippen molar-refractivity contribution in [1.29, 1.82) is 0 Å². The number of nitrogens with one attached hydrogen (secondary N) is 1. The molecule has 1 aliphatic carbocycles. The quantitative estimate of drug-likeness (QED) is 0.740. The van der Waals surface area contributed by atoms with E-state index in [1.54, 1.807) is 25.7 Å². The Balaban J connectivity index is 2.44. The van der Waals surface area contributed by atoms with Gasteiger partial charge in [-0.05, 0) is 12.8 Å². The van der Waals surface area contributed by atoms with Crippen molar-refractivity contribution in [3.8, 4) is 0 Å². The Hall–Kier alpha value is -1.59. The van der Waals surface area contributed by atoms with Crippen LogP contribution in [0.2, 0.25) is 0 Å². The summed E-state index contributed by atoms with van der Waals surface area (Å²) in [4.78, 5) is 35.8. The zero-order chi connectivity index (χ0) is 14.6. The highest BCUT2D eigenvalue weighted by Crippen LogP contribution is 2.27. The van der Waals surface area contributed by atoms with E-state index >= 15 is 0 Å². The maximum absolute atomic E-state index is 12.0. The Kier molecular flexibility index (Phi) is 4.91. The maximum Gasteiger partial charge on any atom is 0.305 e. The molecule has 0 saturated heterocycles. The second-order valence-electron chi connectivity index (χ2n) is 5.89. The molecule has 0 bridgehead atoms. The fraction of sp³-hybridized carbons (Fsp3) is 0.769. The van der Waals surface area contributed by atoms with Gasteiger partial charge in [-0.2, -0.15) is 0 Å². The summed E-state index contributed by atoms with van der Waals surface area (Å²) in [5.41, 5.74) is -0.536. The molecule has 0 aromatic rings. The van der Waals surface area contributed by atoms with Crippen LogP contribution in [0.5, 0.6) is 0 Å². The topological polar surface area (TPSA) is 86.7 Å². The number of carbonyl (C=O) groups is 3. The zero-order valence-electron chi connectivity index (χ0n) is 11.7. The van der Waals surface area contributed by atoms with E-state index in [0.29, 0.717) is 0 Å². The second-order valence-corrected chi connectivity index (χ2v) is 5.89. The normalized spacial score (nSPS) is 14.9. The molecule has 1 aliphatic rings. The molecule has 0 heterocycles. The first-order valence-corrected chi connectivity index (χ1v) is 6.51. The monoisotopic (exact) mass is 270 g/mol. The number of nitrogens with zero attached hydrogens (tertiary/aromatic N) is 1. The van der Waals surface area contributed by atoms with Gasteiger partial charge < -0.3 is 15.3 Å². The Bertz CT molecular complexity index is 369. The third kappa shape index (κ3) is 5.28. The lowest BCUT2D eigenvalue weighted by Gasteiger charge is -2.23. The van der Waals surface area contributed by atoms with Crippen molar-refractivity contribution in [3.05, 3.63) is 0 Å². The molecule has 19 heavy (non-hydrogen) atoms. The van der Waals surface area contributed by atoms with Gasteiger partial charge in [0.15, 0.2) is 0 Å². The predicted molar refractivity (Wildman–Crippen MR) is 69.5 cm³/mol. The van der Waals surface area contributed by atoms with E-state index in [-0.39, 0.29) is 37.4 Å². The standard InChI is InChI=1S/C13H22N2O4/c1-13(2,3)12(19)14-8-10(16)15(9-4-5-9)7-6-11(17)18/h9H,4-8H2,1-3H3,(H,14,19)(H,17,18). The van der Waals surface area contributed by atoms with E-state index in [9.17, 15) is 14.4 Å². The molecule has 0 spiro atoms. The largest absolute Gasteiger partial charge is 0.481 e. The van der Waals surface area contributed by atoms with Gasteiger partial charge in [-0.1, -0.05) is 20.8 Å². The SMILES string of the molecule is CC(C)(C)C(=O)NCC(=O)N(CCC(=O)O)C1CC1. The fourth-order valence-corrected chi connectivity index (χ4v) is 1.64. The zero-order valence-corrected chi connectivity index (χ0v) is 11.7. The Morgan fingerprint density at radius 3 is 2.26 bits per heavy atom. The van der Waals surface area contributed by atoms with Crippen LogP contribution in [0.1, 0.15) is 40.0 Å². The molecular formula is C13H22N2O4. The summed E-state index contributed by atoms with van der Waals surface area (Å²) >= 11 is 0. The number of carbonyl (C=O) groups excluding carboxylic acids is 2. The number of carboxylic acids is 1. The van der Waals surface area contributed by atoms with Crippen molar-refractivity contribution in [2.75, 3.05) is 13.1 Å². The summed E-state index contributed by atoms with van der Waals surface area (Å²) in [5.74, 6) is -1.31. The van der Waals surface area contributed by atoms with E-state index in [1.807, 2.05) is 0 Å². The van der Waals surface area contributed by atoms with Crippen molar-refractivity contribution < 1.29 is 19.5 Å². The van der Waals surface area contributed by atoms with Crippen molar-refractivity contribution in [2.45, 2.75) is 46.1 Å². The molecule has 0 atom stereocenters. The minimum absolute atomic E-state index is 0.0601. The van der Waals surface area contributed by atoms with E-state index in [4.69, 9.17) is 5.11 Å². The van der Waals surface area contributed by atoms with Gasteiger partial charge in [0.2, 0.25) is 11.8 Å². The highest BCUT2D eigenvalue weighted by Gasteiger charge is 2.33. The Morgan fingerprint density at radius 2 is 1.84 bits per heavy atom. The minimum atomic E-state index is -0.919. The second kappa shape index (κ2) is 6.04. The van der Waals surface area contributed by atoms with Crippen molar-refractivity contribution >= 4 is 17.8 Å². The van der Waals surface area contributed by atoms with Crippen LogP contribution in [-0.2, 0) is 14.4 Å². The van der Waals surface area contributed by atoms with Crippen LogP contribution >= 0.6 is 0 Å². The first-order chi connectivity index (χ1) is 8.71. The fourth-order valence-electron chi connectivity index (χ4n) is 1.64. The van der Waals surface area contributed by atoms with Crippen LogP contribution < -0.4 is 5.32 Å². The summed E-state index contributed by atoms with van der Waals surface area (Å²) < 4.78 is 0. The van der Waals surface area contributed by atoms with E-state index < -0.39 is 11.4 Å². The van der Waals surface area contributed by atoms with Gasteiger partial charge in [0.1, 0.15) is 0 Å². The third-order valence-electron chi connectivity index (χ3n) is 2.96. The number of aliphatic carboxylic acids is 1. The maximum atomic E-state index is 12.0. The van der Waals surface area contributed by atoms with Gasteiger partial charge in [0, 0.05) is 18.0 Å². The predicted octanol–water partition coefficient (Wildman–Crippen LogP) is 0.614. The Labute approximate surface area is 113 Å². The molecule has 2 amide bonds. The third-order valence-corrected chi connectivity index (χ3v) is 2.96. The summed E-state index contributed by atoms with van der Waals surface area (Å²) in [6, 6.07) is 0.151. The summed E-state index contributed by atoms with van der Waals surface area (Å²) in [7, 11) is 0.